The van der Waals surface area contributed by atoms with Crippen LogP contribution in [0.25, 0.3) is 0 Å². The SMILES string of the molecule is CC(C)C(CI)NS(=O)(=O)CCc1ccccc1. The molecule has 0 saturated carbocycles. The van der Waals surface area contributed by atoms with Crippen LogP contribution in [-0.4, -0.2) is 24.6 Å². The lowest BCUT2D eigenvalue weighted by Gasteiger charge is -2.19. The zero-order valence-corrected chi connectivity index (χ0v) is 13.7. The van der Waals surface area contributed by atoms with Crippen LogP contribution in [0.2, 0.25) is 0 Å². The van der Waals surface area contributed by atoms with E-state index < -0.39 is 10.0 Å². The molecule has 0 heterocycles. The van der Waals surface area contributed by atoms with Gasteiger partial charge in [0.2, 0.25) is 10.0 Å². The molecule has 0 aliphatic rings. The van der Waals surface area contributed by atoms with Crippen LogP contribution in [-0.2, 0) is 16.4 Å². The van der Waals surface area contributed by atoms with Crippen molar-refractivity contribution in [3.05, 3.63) is 35.9 Å². The number of sulfonamides is 1. The van der Waals surface area contributed by atoms with E-state index in [0.29, 0.717) is 12.3 Å². The molecule has 18 heavy (non-hydrogen) atoms. The molecule has 0 aliphatic carbocycles. The number of rotatable bonds is 7. The Morgan fingerprint density at radius 2 is 1.83 bits per heavy atom. The predicted molar refractivity (Wildman–Crippen MR) is 84.6 cm³/mol. The molecule has 0 radical (unpaired) electrons. The van der Waals surface area contributed by atoms with Crippen molar-refractivity contribution in [3.8, 4) is 0 Å². The van der Waals surface area contributed by atoms with Gasteiger partial charge < -0.3 is 0 Å². The van der Waals surface area contributed by atoms with Crippen molar-refractivity contribution >= 4 is 32.6 Å². The Hall–Kier alpha value is -0.140. The summed E-state index contributed by atoms with van der Waals surface area (Å²) in [6.07, 6.45) is 0.558. The normalized spacial score (nSPS) is 13.8. The molecule has 1 atom stereocenters. The predicted octanol–water partition coefficient (Wildman–Crippen LogP) is 2.61. The summed E-state index contributed by atoms with van der Waals surface area (Å²) in [4.78, 5) is 0. The minimum atomic E-state index is -3.19. The number of aryl methyl sites for hydroxylation is 1. The molecule has 0 amide bonds. The minimum absolute atomic E-state index is 0.0198. The molecule has 0 saturated heterocycles. The van der Waals surface area contributed by atoms with Gasteiger partial charge in [0.15, 0.2) is 0 Å². The minimum Gasteiger partial charge on any atom is -0.212 e. The fourth-order valence-electron chi connectivity index (χ4n) is 1.53. The zero-order chi connectivity index (χ0) is 13.6. The van der Waals surface area contributed by atoms with Crippen LogP contribution in [0.3, 0.4) is 0 Å². The van der Waals surface area contributed by atoms with E-state index in [9.17, 15) is 8.42 Å². The van der Waals surface area contributed by atoms with Crippen molar-refractivity contribution in [3.63, 3.8) is 0 Å². The van der Waals surface area contributed by atoms with Crippen LogP contribution in [0.5, 0.6) is 0 Å². The third-order valence-corrected chi connectivity index (χ3v) is 5.16. The van der Waals surface area contributed by atoms with Crippen LogP contribution >= 0.6 is 22.6 Å². The van der Waals surface area contributed by atoms with Gasteiger partial charge in [0.25, 0.3) is 0 Å². The molecule has 102 valence electrons. The van der Waals surface area contributed by atoms with Crippen LogP contribution in [0.1, 0.15) is 19.4 Å². The highest BCUT2D eigenvalue weighted by Gasteiger charge is 2.19. The lowest BCUT2D eigenvalue weighted by Crippen LogP contribution is -2.41. The Morgan fingerprint density at radius 3 is 2.33 bits per heavy atom. The Labute approximate surface area is 124 Å². The van der Waals surface area contributed by atoms with Crippen LogP contribution in [0.4, 0.5) is 0 Å². The summed E-state index contributed by atoms with van der Waals surface area (Å²) < 4.78 is 27.5. The Balaban J connectivity index is 2.55. The number of benzene rings is 1. The van der Waals surface area contributed by atoms with E-state index in [4.69, 9.17) is 0 Å². The maximum Gasteiger partial charge on any atom is 0.212 e. The first-order valence-corrected chi connectivity index (χ1v) is 9.22. The van der Waals surface area contributed by atoms with Crippen molar-refractivity contribution in [1.82, 2.24) is 4.72 Å². The highest BCUT2D eigenvalue weighted by atomic mass is 127. The topological polar surface area (TPSA) is 46.2 Å². The smallest absolute Gasteiger partial charge is 0.212 e. The molecule has 1 unspecified atom stereocenters. The van der Waals surface area contributed by atoms with E-state index in [0.717, 1.165) is 9.99 Å². The Bertz CT molecular complexity index is 445. The average Bonchev–Trinajstić information content (AvgIpc) is 2.35. The second kappa shape index (κ2) is 7.45. The second-order valence-electron chi connectivity index (χ2n) is 4.68. The Morgan fingerprint density at radius 1 is 1.22 bits per heavy atom. The Kier molecular flexibility index (Phi) is 6.59. The first-order valence-electron chi connectivity index (χ1n) is 6.04. The van der Waals surface area contributed by atoms with Gasteiger partial charge in [-0.3, -0.25) is 0 Å². The first-order chi connectivity index (χ1) is 8.44. The van der Waals surface area contributed by atoms with Crippen LogP contribution in [0, 0.1) is 5.92 Å². The van der Waals surface area contributed by atoms with Gasteiger partial charge in [0.1, 0.15) is 0 Å². The summed E-state index contributed by atoms with van der Waals surface area (Å²) in [7, 11) is -3.19. The molecule has 3 nitrogen and oxygen atoms in total. The van der Waals surface area contributed by atoms with Crippen molar-refractivity contribution in [2.45, 2.75) is 26.3 Å². The molecular weight excluding hydrogens is 361 g/mol. The molecule has 0 aromatic heterocycles. The third kappa shape index (κ3) is 5.67. The van der Waals surface area contributed by atoms with E-state index >= 15 is 0 Å². The van der Waals surface area contributed by atoms with Gasteiger partial charge in [0, 0.05) is 10.5 Å². The van der Waals surface area contributed by atoms with E-state index in [1.165, 1.54) is 0 Å². The van der Waals surface area contributed by atoms with Crippen molar-refractivity contribution in [1.29, 1.82) is 0 Å². The number of nitrogens with one attached hydrogen (secondary N) is 1. The van der Waals surface area contributed by atoms with Crippen molar-refractivity contribution < 1.29 is 8.42 Å². The quantitative estimate of drug-likeness (QED) is 0.583. The number of alkyl halides is 1. The van der Waals surface area contributed by atoms with Gasteiger partial charge in [0.05, 0.1) is 5.75 Å². The number of halogens is 1. The highest BCUT2D eigenvalue weighted by molar-refractivity contribution is 14.1. The maximum absolute atomic E-state index is 12.0. The van der Waals surface area contributed by atoms with Crippen molar-refractivity contribution in [2.24, 2.45) is 5.92 Å². The van der Waals surface area contributed by atoms with Crippen LogP contribution in [0.15, 0.2) is 30.3 Å². The maximum atomic E-state index is 12.0. The number of hydrogen-bond donors (Lipinski definition) is 1. The molecule has 5 heteroatoms. The van der Waals surface area contributed by atoms with Gasteiger partial charge >= 0.3 is 0 Å². The molecule has 1 N–H and O–H groups in total. The van der Waals surface area contributed by atoms with Gasteiger partial charge in [-0.1, -0.05) is 66.8 Å². The van der Waals surface area contributed by atoms with Crippen LogP contribution < -0.4 is 4.72 Å². The van der Waals surface area contributed by atoms with Crippen molar-refractivity contribution in [2.75, 3.05) is 10.2 Å². The van der Waals surface area contributed by atoms with E-state index in [2.05, 4.69) is 27.3 Å². The molecule has 0 aliphatic heterocycles. The summed E-state index contributed by atoms with van der Waals surface area (Å²) in [6, 6.07) is 9.71. The number of hydrogen-bond acceptors (Lipinski definition) is 2. The van der Waals surface area contributed by atoms with E-state index in [1.807, 2.05) is 44.2 Å². The largest absolute Gasteiger partial charge is 0.212 e. The lowest BCUT2D eigenvalue weighted by atomic mass is 10.1. The average molecular weight is 381 g/mol. The molecule has 0 fully saturated rings. The summed E-state index contributed by atoms with van der Waals surface area (Å²) in [5.74, 6) is 0.463. The first kappa shape index (κ1) is 15.9. The third-order valence-electron chi connectivity index (χ3n) is 2.80. The fourth-order valence-corrected chi connectivity index (χ4v) is 4.51. The molecule has 1 aromatic carbocycles. The van der Waals surface area contributed by atoms with Gasteiger partial charge in [-0.25, -0.2) is 13.1 Å². The molecule has 1 rings (SSSR count). The summed E-state index contributed by atoms with van der Waals surface area (Å²) in [5, 5.41) is 0. The molecule has 0 bridgehead atoms. The summed E-state index contributed by atoms with van der Waals surface area (Å²) in [5.41, 5.74) is 1.05. The van der Waals surface area contributed by atoms with E-state index in [1.54, 1.807) is 0 Å². The molecule has 0 spiro atoms. The second-order valence-corrected chi connectivity index (χ2v) is 7.43. The standard InChI is InChI=1S/C13H20INO2S/c1-11(2)13(10-14)15-18(16,17)9-8-12-6-4-3-5-7-12/h3-7,11,13,15H,8-10H2,1-2H3. The van der Waals surface area contributed by atoms with Gasteiger partial charge in [-0.15, -0.1) is 0 Å². The molecule has 1 aromatic rings. The zero-order valence-electron chi connectivity index (χ0n) is 10.8. The molecular formula is C13H20INO2S. The summed E-state index contributed by atoms with van der Waals surface area (Å²) >= 11 is 2.22. The lowest BCUT2D eigenvalue weighted by molar-refractivity contribution is 0.486. The van der Waals surface area contributed by atoms with Gasteiger partial charge in [-0.2, -0.15) is 0 Å². The fraction of sp³-hybridized carbons (Fsp3) is 0.538. The highest BCUT2D eigenvalue weighted by Crippen LogP contribution is 2.08. The monoisotopic (exact) mass is 381 g/mol. The van der Waals surface area contributed by atoms with Gasteiger partial charge in [-0.05, 0) is 17.9 Å². The van der Waals surface area contributed by atoms with E-state index in [-0.39, 0.29) is 11.8 Å². The summed E-state index contributed by atoms with van der Waals surface area (Å²) in [6.45, 7) is 4.06.